The Hall–Kier alpha value is -6.90. The van der Waals surface area contributed by atoms with E-state index in [9.17, 15) is 0 Å². The number of rotatable bonds is 8. The Morgan fingerprint density at radius 1 is 0.231 bits per heavy atom. The van der Waals surface area contributed by atoms with Gasteiger partial charge in [0.2, 0.25) is 0 Å². The lowest BCUT2D eigenvalue weighted by molar-refractivity contribution is 1.28. The highest BCUT2D eigenvalue weighted by Gasteiger charge is 2.17. The Bertz CT molecular complexity index is 2560. The number of para-hydroxylation sites is 3. The number of hydrogen-bond donors (Lipinski definition) is 0. The molecule has 0 amide bonds. The molecule has 0 aromatic heterocycles. The molecule has 0 aliphatic heterocycles. The number of hydrogen-bond acceptors (Lipinski definition) is 2. The van der Waals surface area contributed by atoms with Crippen molar-refractivity contribution in [1.82, 2.24) is 0 Å². The molecule has 0 heterocycles. The SMILES string of the molecule is c1ccc(N(c2ccccc2)c2ccc(-c3cc(N(c4ccccc4)c4ccc(-c5ccc6ccccc6c5)cc4)cc4ccccc34)cc2)cc1. The highest BCUT2D eigenvalue weighted by Crippen LogP contribution is 2.42. The highest BCUT2D eigenvalue weighted by molar-refractivity contribution is 6.01. The summed E-state index contributed by atoms with van der Waals surface area (Å²) in [5.41, 5.74) is 11.5. The van der Waals surface area contributed by atoms with E-state index in [1.807, 2.05) is 0 Å². The van der Waals surface area contributed by atoms with Gasteiger partial charge in [0.05, 0.1) is 0 Å². The third kappa shape index (κ3) is 6.08. The number of benzene rings is 9. The van der Waals surface area contributed by atoms with Gasteiger partial charge < -0.3 is 9.80 Å². The van der Waals surface area contributed by atoms with Gasteiger partial charge in [0.1, 0.15) is 0 Å². The predicted molar refractivity (Wildman–Crippen MR) is 222 cm³/mol. The minimum Gasteiger partial charge on any atom is -0.311 e. The molecule has 2 nitrogen and oxygen atoms in total. The molecule has 9 aromatic rings. The van der Waals surface area contributed by atoms with E-state index in [1.54, 1.807) is 0 Å². The molecule has 52 heavy (non-hydrogen) atoms. The fourth-order valence-electron chi connectivity index (χ4n) is 7.25. The summed E-state index contributed by atoms with van der Waals surface area (Å²) >= 11 is 0. The van der Waals surface area contributed by atoms with E-state index in [0.717, 1.165) is 34.1 Å². The Labute approximate surface area is 305 Å². The van der Waals surface area contributed by atoms with Gasteiger partial charge in [0.25, 0.3) is 0 Å². The van der Waals surface area contributed by atoms with E-state index in [-0.39, 0.29) is 0 Å². The first-order valence-corrected chi connectivity index (χ1v) is 17.8. The standard InChI is InChI=1S/C50H36N2/c1-4-17-43(18-5-1)51(44-19-6-2-7-20-44)46-32-28-39(29-33-46)50-36-48(35-42-16-12-13-23-49(42)50)52(45-21-8-3-9-22-45)47-30-26-38(27-31-47)41-25-24-37-14-10-11-15-40(37)34-41/h1-36H. The minimum absolute atomic E-state index is 1.11. The highest BCUT2D eigenvalue weighted by atomic mass is 15.1. The van der Waals surface area contributed by atoms with Gasteiger partial charge >= 0.3 is 0 Å². The maximum Gasteiger partial charge on any atom is 0.0474 e. The molecule has 0 bridgehead atoms. The summed E-state index contributed by atoms with van der Waals surface area (Å²) in [6, 6.07) is 78.3. The topological polar surface area (TPSA) is 6.48 Å². The second-order valence-electron chi connectivity index (χ2n) is 13.0. The maximum absolute atomic E-state index is 2.36. The van der Waals surface area contributed by atoms with Crippen LogP contribution in [0.5, 0.6) is 0 Å². The number of nitrogens with zero attached hydrogens (tertiary/aromatic N) is 2. The van der Waals surface area contributed by atoms with Crippen LogP contribution in [0.1, 0.15) is 0 Å². The zero-order chi connectivity index (χ0) is 34.7. The van der Waals surface area contributed by atoms with Crippen molar-refractivity contribution < 1.29 is 0 Å². The monoisotopic (exact) mass is 664 g/mol. The summed E-state index contributed by atoms with van der Waals surface area (Å²) in [5, 5.41) is 4.92. The lowest BCUT2D eigenvalue weighted by Crippen LogP contribution is -2.10. The van der Waals surface area contributed by atoms with Gasteiger partial charge in [-0.2, -0.15) is 0 Å². The third-order valence-corrected chi connectivity index (χ3v) is 9.79. The molecule has 0 aliphatic rings. The molecule has 246 valence electrons. The van der Waals surface area contributed by atoms with Gasteiger partial charge in [-0.15, -0.1) is 0 Å². The first kappa shape index (κ1) is 31.1. The predicted octanol–water partition coefficient (Wildman–Crippen LogP) is 14.3. The summed E-state index contributed by atoms with van der Waals surface area (Å²) in [4.78, 5) is 4.66. The van der Waals surface area contributed by atoms with E-state index < -0.39 is 0 Å². The average Bonchev–Trinajstić information content (AvgIpc) is 3.22. The molecule has 0 N–H and O–H groups in total. The number of anilines is 6. The van der Waals surface area contributed by atoms with Crippen molar-refractivity contribution in [2.75, 3.05) is 9.80 Å². The summed E-state index contributed by atoms with van der Waals surface area (Å²) in [6.45, 7) is 0. The molecule has 0 radical (unpaired) electrons. The Balaban J connectivity index is 1.13. The molecule has 0 fully saturated rings. The van der Waals surface area contributed by atoms with Crippen LogP contribution in [0.2, 0.25) is 0 Å². The van der Waals surface area contributed by atoms with Crippen molar-refractivity contribution in [3.8, 4) is 22.3 Å². The van der Waals surface area contributed by atoms with E-state index in [2.05, 4.69) is 228 Å². The molecule has 9 aromatic carbocycles. The summed E-state index contributed by atoms with van der Waals surface area (Å²) in [7, 11) is 0. The van der Waals surface area contributed by atoms with Crippen LogP contribution in [0.15, 0.2) is 218 Å². The van der Waals surface area contributed by atoms with Gasteiger partial charge in [-0.05, 0) is 123 Å². The zero-order valence-electron chi connectivity index (χ0n) is 28.7. The van der Waals surface area contributed by atoms with Gasteiger partial charge in [0, 0.05) is 34.1 Å². The Morgan fingerprint density at radius 2 is 0.654 bits per heavy atom. The smallest absolute Gasteiger partial charge is 0.0474 e. The Kier molecular flexibility index (Phi) is 8.24. The van der Waals surface area contributed by atoms with Gasteiger partial charge in [0.15, 0.2) is 0 Å². The fraction of sp³-hybridized carbons (Fsp3) is 0. The minimum atomic E-state index is 1.11. The van der Waals surface area contributed by atoms with Crippen molar-refractivity contribution in [2.24, 2.45) is 0 Å². The van der Waals surface area contributed by atoms with E-state index in [0.29, 0.717) is 0 Å². The van der Waals surface area contributed by atoms with Crippen LogP contribution >= 0.6 is 0 Å². The van der Waals surface area contributed by atoms with Crippen LogP contribution in [0.25, 0.3) is 43.8 Å². The molecule has 0 saturated carbocycles. The molecule has 0 aliphatic carbocycles. The van der Waals surface area contributed by atoms with Crippen LogP contribution in [-0.4, -0.2) is 0 Å². The van der Waals surface area contributed by atoms with E-state index >= 15 is 0 Å². The lowest BCUT2D eigenvalue weighted by atomic mass is 9.96. The molecule has 0 atom stereocenters. The summed E-state index contributed by atoms with van der Waals surface area (Å²) in [6.07, 6.45) is 0. The second-order valence-corrected chi connectivity index (χ2v) is 13.0. The largest absolute Gasteiger partial charge is 0.311 e. The quantitative estimate of drug-likeness (QED) is 0.159. The molecule has 0 spiro atoms. The summed E-state index contributed by atoms with van der Waals surface area (Å²) < 4.78 is 0. The van der Waals surface area contributed by atoms with Gasteiger partial charge in [-0.1, -0.05) is 140 Å². The second kappa shape index (κ2) is 13.8. The molecule has 0 saturated heterocycles. The zero-order valence-corrected chi connectivity index (χ0v) is 28.7. The number of fused-ring (bicyclic) bond motifs is 2. The van der Waals surface area contributed by atoms with Crippen LogP contribution in [0.4, 0.5) is 34.1 Å². The van der Waals surface area contributed by atoms with Crippen molar-refractivity contribution in [1.29, 1.82) is 0 Å². The van der Waals surface area contributed by atoms with Crippen molar-refractivity contribution >= 4 is 55.7 Å². The van der Waals surface area contributed by atoms with Crippen molar-refractivity contribution in [3.63, 3.8) is 0 Å². The van der Waals surface area contributed by atoms with Crippen LogP contribution in [-0.2, 0) is 0 Å². The first-order chi connectivity index (χ1) is 25.8. The van der Waals surface area contributed by atoms with Crippen LogP contribution in [0, 0.1) is 0 Å². The van der Waals surface area contributed by atoms with Gasteiger partial charge in [-0.3, -0.25) is 0 Å². The van der Waals surface area contributed by atoms with Crippen molar-refractivity contribution in [2.45, 2.75) is 0 Å². The first-order valence-electron chi connectivity index (χ1n) is 17.8. The van der Waals surface area contributed by atoms with Crippen molar-refractivity contribution in [3.05, 3.63) is 218 Å². The van der Waals surface area contributed by atoms with E-state index in [4.69, 9.17) is 0 Å². The third-order valence-electron chi connectivity index (χ3n) is 9.79. The lowest BCUT2D eigenvalue weighted by Gasteiger charge is -2.27. The summed E-state index contributed by atoms with van der Waals surface area (Å²) in [5.74, 6) is 0. The van der Waals surface area contributed by atoms with Crippen LogP contribution < -0.4 is 9.80 Å². The molecular weight excluding hydrogens is 629 g/mol. The maximum atomic E-state index is 2.36. The normalized spacial score (nSPS) is 11.1. The molecule has 9 rings (SSSR count). The molecule has 0 unspecified atom stereocenters. The molecular formula is C50H36N2. The van der Waals surface area contributed by atoms with Crippen LogP contribution in [0.3, 0.4) is 0 Å². The van der Waals surface area contributed by atoms with E-state index in [1.165, 1.54) is 43.8 Å². The Morgan fingerprint density at radius 3 is 1.23 bits per heavy atom. The fourth-order valence-corrected chi connectivity index (χ4v) is 7.25. The van der Waals surface area contributed by atoms with Gasteiger partial charge in [-0.25, -0.2) is 0 Å². The average molecular weight is 665 g/mol. The molecule has 2 heteroatoms.